The zero-order valence-electron chi connectivity index (χ0n) is 19.9. The molecule has 0 aliphatic rings. The van der Waals surface area contributed by atoms with Crippen LogP contribution in [0.1, 0.15) is 26.3 Å². The van der Waals surface area contributed by atoms with Gasteiger partial charge in [0.25, 0.3) is 5.56 Å². The van der Waals surface area contributed by atoms with Gasteiger partial charge in [-0.25, -0.2) is 18.4 Å². The maximum absolute atomic E-state index is 14.1. The molecule has 0 amide bonds. The first-order valence-electron chi connectivity index (χ1n) is 11.2. The molecule has 5 aromatic rings. The summed E-state index contributed by atoms with van der Waals surface area (Å²) in [6.07, 6.45) is 2.97. The zero-order chi connectivity index (χ0) is 26.4. The molecule has 0 spiro atoms. The van der Waals surface area contributed by atoms with Crippen molar-refractivity contribution in [3.63, 3.8) is 0 Å². The van der Waals surface area contributed by atoms with Crippen molar-refractivity contribution >= 4 is 44.2 Å². The molecule has 13 heteroatoms. The lowest BCUT2D eigenvalue weighted by Gasteiger charge is -2.13. The van der Waals surface area contributed by atoms with Gasteiger partial charge in [0.05, 0.1) is 48.2 Å². The molecule has 0 radical (unpaired) electrons. The highest BCUT2D eigenvalue weighted by atomic mass is 35.5. The van der Waals surface area contributed by atoms with Crippen LogP contribution in [0, 0.1) is 17.1 Å². The summed E-state index contributed by atoms with van der Waals surface area (Å²) in [4.78, 5) is 32.3. The lowest BCUT2D eigenvalue weighted by molar-refractivity contribution is 0.387. The molecule has 4 aromatic heterocycles. The van der Waals surface area contributed by atoms with Crippen molar-refractivity contribution in [1.29, 1.82) is 5.26 Å². The number of methoxy groups -OCH3 is 1. The number of aryl methyl sites for hydroxylation is 1. The first-order valence-corrected chi connectivity index (χ1v) is 12.3. The minimum absolute atomic E-state index is 0.0108. The smallest absolute Gasteiger partial charge is 0.336 e. The van der Waals surface area contributed by atoms with Crippen LogP contribution in [0.4, 0.5) is 4.39 Å². The van der Waals surface area contributed by atoms with E-state index in [4.69, 9.17) is 16.3 Å². The Kier molecular flexibility index (Phi) is 6.26. The van der Waals surface area contributed by atoms with Crippen molar-refractivity contribution in [1.82, 2.24) is 29.1 Å². The molecule has 0 fully saturated rings. The number of nitriles is 1. The molecule has 188 valence electrons. The number of hydrogen-bond acceptors (Lipinski definition) is 8. The third-order valence-corrected chi connectivity index (χ3v) is 7.32. The fourth-order valence-electron chi connectivity index (χ4n) is 4.15. The van der Waals surface area contributed by atoms with Gasteiger partial charge in [-0.3, -0.25) is 14.3 Å². The number of rotatable bonds is 6. The molecule has 0 saturated heterocycles. The van der Waals surface area contributed by atoms with E-state index in [1.807, 2.05) is 19.9 Å². The fourth-order valence-corrected chi connectivity index (χ4v) is 5.58. The van der Waals surface area contributed by atoms with Gasteiger partial charge in [0.15, 0.2) is 11.6 Å². The van der Waals surface area contributed by atoms with Crippen molar-refractivity contribution in [2.75, 3.05) is 7.11 Å². The monoisotopic (exact) mass is 539 g/mol. The van der Waals surface area contributed by atoms with Crippen molar-refractivity contribution in [2.24, 2.45) is 0 Å². The van der Waals surface area contributed by atoms with E-state index in [-0.39, 0.29) is 40.2 Å². The Labute approximate surface area is 217 Å². The van der Waals surface area contributed by atoms with Gasteiger partial charge < -0.3 is 4.74 Å². The fraction of sp³-hybridized carbons (Fsp3) is 0.250. The highest BCUT2D eigenvalue weighted by Crippen LogP contribution is 2.39. The SMILES string of the molecule is COc1cc(-c2cc3c(s2)c(=O)n(-c2cncc4nnn(C(C)C)c24)c(=O)n3CCC#N)c(Cl)cc1F. The van der Waals surface area contributed by atoms with Crippen molar-refractivity contribution in [3.05, 3.63) is 62.3 Å². The molecule has 4 heterocycles. The Morgan fingerprint density at radius 3 is 2.73 bits per heavy atom. The number of pyridine rings is 1. The Balaban J connectivity index is 1.86. The van der Waals surface area contributed by atoms with Crippen molar-refractivity contribution in [2.45, 2.75) is 32.9 Å². The van der Waals surface area contributed by atoms with E-state index in [0.29, 0.717) is 27.0 Å². The highest BCUT2D eigenvalue weighted by Gasteiger charge is 2.23. The first kappa shape index (κ1) is 24.6. The lowest BCUT2D eigenvalue weighted by atomic mass is 10.1. The average Bonchev–Trinajstić information content (AvgIpc) is 3.50. The lowest BCUT2D eigenvalue weighted by Crippen LogP contribution is -2.38. The zero-order valence-corrected chi connectivity index (χ0v) is 21.5. The number of fused-ring (bicyclic) bond motifs is 2. The Hall–Kier alpha value is -4.08. The van der Waals surface area contributed by atoms with E-state index in [9.17, 15) is 19.2 Å². The second-order valence-electron chi connectivity index (χ2n) is 8.43. The summed E-state index contributed by atoms with van der Waals surface area (Å²) < 4.78 is 23.5. The molecule has 5 rings (SSSR count). The molecule has 0 N–H and O–H groups in total. The van der Waals surface area contributed by atoms with Crippen molar-refractivity contribution in [3.8, 4) is 27.9 Å². The Bertz CT molecular complexity index is 1850. The summed E-state index contributed by atoms with van der Waals surface area (Å²) in [5, 5.41) is 17.6. The number of nitrogens with zero attached hydrogens (tertiary/aromatic N) is 7. The summed E-state index contributed by atoms with van der Waals surface area (Å²) in [7, 11) is 1.34. The minimum atomic E-state index is -0.634. The maximum atomic E-state index is 14.1. The number of ether oxygens (including phenoxy) is 1. The molecule has 0 unspecified atom stereocenters. The topological polar surface area (TPSA) is 121 Å². The van der Waals surface area contributed by atoms with Gasteiger partial charge in [-0.1, -0.05) is 16.8 Å². The largest absolute Gasteiger partial charge is 0.494 e. The maximum Gasteiger partial charge on any atom is 0.336 e. The van der Waals surface area contributed by atoms with Gasteiger partial charge >= 0.3 is 5.69 Å². The van der Waals surface area contributed by atoms with E-state index in [1.54, 1.807) is 10.7 Å². The van der Waals surface area contributed by atoms with Crippen LogP contribution in [0.15, 0.2) is 40.2 Å². The van der Waals surface area contributed by atoms with Crippen LogP contribution in [0.2, 0.25) is 5.02 Å². The van der Waals surface area contributed by atoms with Gasteiger partial charge in [-0.2, -0.15) is 5.26 Å². The molecule has 0 atom stereocenters. The minimum Gasteiger partial charge on any atom is -0.494 e. The van der Waals surface area contributed by atoms with E-state index in [0.717, 1.165) is 22.0 Å². The van der Waals surface area contributed by atoms with Gasteiger partial charge in [0.2, 0.25) is 0 Å². The molecule has 0 aliphatic carbocycles. The predicted octanol–water partition coefficient (Wildman–Crippen LogP) is 4.32. The molecule has 10 nitrogen and oxygen atoms in total. The summed E-state index contributed by atoms with van der Waals surface area (Å²) >= 11 is 7.44. The third-order valence-electron chi connectivity index (χ3n) is 5.86. The van der Waals surface area contributed by atoms with Crippen LogP contribution in [0.5, 0.6) is 5.75 Å². The van der Waals surface area contributed by atoms with E-state index >= 15 is 0 Å². The van der Waals surface area contributed by atoms with E-state index < -0.39 is 17.1 Å². The van der Waals surface area contributed by atoms with E-state index in [1.165, 1.54) is 30.1 Å². The highest BCUT2D eigenvalue weighted by molar-refractivity contribution is 7.22. The summed E-state index contributed by atoms with van der Waals surface area (Å²) in [6.45, 7) is 3.86. The molecule has 0 aliphatic heterocycles. The second kappa shape index (κ2) is 9.42. The summed E-state index contributed by atoms with van der Waals surface area (Å²) in [6, 6.07) is 6.15. The van der Waals surface area contributed by atoms with Crippen LogP contribution in [-0.2, 0) is 6.54 Å². The van der Waals surface area contributed by atoms with Gasteiger partial charge in [-0.05, 0) is 32.0 Å². The normalized spacial score (nSPS) is 11.5. The molecule has 37 heavy (non-hydrogen) atoms. The Morgan fingerprint density at radius 1 is 1.24 bits per heavy atom. The number of benzene rings is 1. The number of halogens is 2. The van der Waals surface area contributed by atoms with Crippen LogP contribution < -0.4 is 16.0 Å². The summed E-state index contributed by atoms with van der Waals surface area (Å²) in [5.74, 6) is -0.634. The van der Waals surface area contributed by atoms with Crippen LogP contribution in [0.3, 0.4) is 0 Å². The van der Waals surface area contributed by atoms with E-state index in [2.05, 4.69) is 15.3 Å². The number of aromatic nitrogens is 6. The Morgan fingerprint density at radius 2 is 2.03 bits per heavy atom. The standard InChI is InChI=1S/C24H19ClFN7O3S/c1-12(2)33-21-16(29-30-33)10-28-11-18(21)32-23(34)22-17(31(24(32)35)6-4-5-27)9-20(37-22)13-7-19(36-3)15(26)8-14(13)25/h7-12H,4,6H2,1-3H3. The molecule has 0 saturated carbocycles. The van der Waals surface area contributed by atoms with Gasteiger partial charge in [0.1, 0.15) is 15.7 Å². The van der Waals surface area contributed by atoms with Crippen LogP contribution in [0.25, 0.3) is 37.4 Å². The summed E-state index contributed by atoms with van der Waals surface area (Å²) in [5.41, 5.74) is 0.729. The number of thiophene rings is 1. The average molecular weight is 540 g/mol. The molecular weight excluding hydrogens is 521 g/mol. The molecular formula is C24H19ClFN7O3S. The second-order valence-corrected chi connectivity index (χ2v) is 9.89. The molecule has 0 bridgehead atoms. The van der Waals surface area contributed by atoms with Gasteiger partial charge in [-0.15, -0.1) is 16.4 Å². The van der Waals surface area contributed by atoms with Crippen LogP contribution >= 0.6 is 22.9 Å². The van der Waals surface area contributed by atoms with Crippen LogP contribution in [-0.4, -0.2) is 36.2 Å². The van der Waals surface area contributed by atoms with Crippen molar-refractivity contribution < 1.29 is 9.13 Å². The van der Waals surface area contributed by atoms with Gasteiger partial charge in [0, 0.05) is 23.0 Å². The third kappa shape index (κ3) is 3.96. The first-order chi connectivity index (χ1) is 17.8. The predicted molar refractivity (Wildman–Crippen MR) is 138 cm³/mol. The molecule has 1 aromatic carbocycles. The number of hydrogen-bond donors (Lipinski definition) is 0. The quantitative estimate of drug-likeness (QED) is 0.315.